The molecule has 1 aromatic heterocycles. The summed E-state index contributed by atoms with van der Waals surface area (Å²) in [7, 11) is 0. The summed E-state index contributed by atoms with van der Waals surface area (Å²) in [6, 6.07) is 7.91. The molecule has 2 aromatic rings. The fourth-order valence-electron chi connectivity index (χ4n) is 2.55. The molecule has 1 N–H and O–H groups in total. The van der Waals surface area contributed by atoms with E-state index >= 15 is 0 Å². The van der Waals surface area contributed by atoms with E-state index < -0.39 is 0 Å². The van der Waals surface area contributed by atoms with Crippen molar-refractivity contribution in [1.29, 1.82) is 0 Å². The number of amides is 1. The van der Waals surface area contributed by atoms with Gasteiger partial charge in [0.15, 0.2) is 0 Å². The first-order valence-electron chi connectivity index (χ1n) is 7.26. The number of hydrogen-bond donors (Lipinski definition) is 1. The van der Waals surface area contributed by atoms with Gasteiger partial charge in [0, 0.05) is 32.0 Å². The number of hydrogen-bond acceptors (Lipinski definition) is 4. The van der Waals surface area contributed by atoms with Crippen molar-refractivity contribution < 1.29 is 9.18 Å². The average Bonchev–Trinajstić information content (AvgIpc) is 3.05. The van der Waals surface area contributed by atoms with Crippen LogP contribution < -0.4 is 10.2 Å². The zero-order valence-electron chi connectivity index (χ0n) is 12.1. The Labute approximate surface area is 128 Å². The second-order valence-electron chi connectivity index (χ2n) is 5.32. The van der Waals surface area contributed by atoms with E-state index in [-0.39, 0.29) is 17.6 Å². The van der Waals surface area contributed by atoms with E-state index in [0.29, 0.717) is 19.0 Å². The summed E-state index contributed by atoms with van der Waals surface area (Å²) in [5.41, 5.74) is 0.885. The normalized spacial score (nSPS) is 17.5. The number of carbonyl (C=O) groups excluding carboxylic acids is 1. The van der Waals surface area contributed by atoms with Crippen molar-refractivity contribution in [3.8, 4) is 0 Å². The van der Waals surface area contributed by atoms with Gasteiger partial charge in [-0.15, -0.1) is 0 Å². The molecule has 0 aliphatic carbocycles. The minimum absolute atomic E-state index is 0.0164. The van der Waals surface area contributed by atoms with Crippen LogP contribution in [0.4, 0.5) is 10.3 Å². The third-order valence-electron chi connectivity index (χ3n) is 3.77. The molecule has 5 nitrogen and oxygen atoms in total. The number of nitrogens with zero attached hydrogens (tertiary/aromatic N) is 3. The maximum atomic E-state index is 12.8. The van der Waals surface area contributed by atoms with Crippen molar-refractivity contribution >= 4 is 11.9 Å². The molecule has 1 aromatic carbocycles. The van der Waals surface area contributed by atoms with E-state index in [9.17, 15) is 9.18 Å². The fourth-order valence-corrected chi connectivity index (χ4v) is 2.55. The Morgan fingerprint density at radius 3 is 2.73 bits per heavy atom. The lowest BCUT2D eigenvalue weighted by atomic mass is 10.1. The van der Waals surface area contributed by atoms with E-state index in [2.05, 4.69) is 15.3 Å². The number of anilines is 1. The van der Waals surface area contributed by atoms with Crippen molar-refractivity contribution in [2.75, 3.05) is 18.0 Å². The molecular weight excluding hydrogens is 283 g/mol. The van der Waals surface area contributed by atoms with Crippen LogP contribution in [-0.2, 0) is 11.3 Å². The second kappa shape index (κ2) is 6.51. The summed E-state index contributed by atoms with van der Waals surface area (Å²) >= 11 is 0. The van der Waals surface area contributed by atoms with Crippen LogP contribution in [-0.4, -0.2) is 29.0 Å². The number of benzene rings is 1. The van der Waals surface area contributed by atoms with Gasteiger partial charge in [-0.2, -0.15) is 0 Å². The first-order valence-corrected chi connectivity index (χ1v) is 7.26. The highest BCUT2D eigenvalue weighted by molar-refractivity contribution is 5.79. The number of rotatable bonds is 4. The first-order chi connectivity index (χ1) is 10.7. The minimum atomic E-state index is -0.274. The smallest absolute Gasteiger partial charge is 0.225 e. The SMILES string of the molecule is O=C(NCc1ccc(F)cc1)[C@@H]1CCN(c2ncccn2)C1. The van der Waals surface area contributed by atoms with Crippen molar-refractivity contribution in [2.24, 2.45) is 5.92 Å². The molecule has 0 radical (unpaired) electrons. The number of aromatic nitrogens is 2. The molecule has 1 amide bonds. The Bertz CT molecular complexity index is 632. The van der Waals surface area contributed by atoms with Crippen molar-refractivity contribution in [3.63, 3.8) is 0 Å². The standard InChI is InChI=1S/C16H17FN4O/c17-14-4-2-12(3-5-14)10-20-15(22)13-6-9-21(11-13)16-18-7-1-8-19-16/h1-5,7-8,13H,6,9-11H2,(H,20,22)/t13-/m1/s1. The van der Waals surface area contributed by atoms with Gasteiger partial charge < -0.3 is 10.2 Å². The molecular formula is C16H17FN4O. The fraction of sp³-hybridized carbons (Fsp3) is 0.312. The molecule has 1 atom stereocenters. The van der Waals surface area contributed by atoms with E-state index in [0.717, 1.165) is 18.5 Å². The van der Waals surface area contributed by atoms with Gasteiger partial charge in [0.2, 0.25) is 11.9 Å². The number of carbonyl (C=O) groups is 1. The molecule has 6 heteroatoms. The maximum Gasteiger partial charge on any atom is 0.225 e. The lowest BCUT2D eigenvalue weighted by molar-refractivity contribution is -0.124. The largest absolute Gasteiger partial charge is 0.352 e. The van der Waals surface area contributed by atoms with E-state index in [1.165, 1.54) is 12.1 Å². The quantitative estimate of drug-likeness (QED) is 0.935. The van der Waals surface area contributed by atoms with Crippen LogP contribution in [0.25, 0.3) is 0 Å². The van der Waals surface area contributed by atoms with Gasteiger partial charge >= 0.3 is 0 Å². The number of nitrogens with one attached hydrogen (secondary N) is 1. The molecule has 0 saturated carbocycles. The van der Waals surface area contributed by atoms with Crippen LogP contribution in [0.2, 0.25) is 0 Å². The van der Waals surface area contributed by atoms with E-state index in [4.69, 9.17) is 0 Å². The Hall–Kier alpha value is -2.50. The molecule has 1 fully saturated rings. The number of halogens is 1. The molecule has 1 aliphatic heterocycles. The monoisotopic (exact) mass is 300 g/mol. The van der Waals surface area contributed by atoms with Crippen LogP contribution in [0, 0.1) is 11.7 Å². The van der Waals surface area contributed by atoms with Crippen LogP contribution in [0.3, 0.4) is 0 Å². The molecule has 114 valence electrons. The highest BCUT2D eigenvalue weighted by Crippen LogP contribution is 2.20. The maximum absolute atomic E-state index is 12.8. The Morgan fingerprint density at radius 1 is 1.27 bits per heavy atom. The summed E-state index contributed by atoms with van der Waals surface area (Å²) in [6.07, 6.45) is 4.18. The molecule has 0 bridgehead atoms. The summed E-state index contributed by atoms with van der Waals surface area (Å²) < 4.78 is 12.8. The second-order valence-corrected chi connectivity index (χ2v) is 5.32. The summed E-state index contributed by atoms with van der Waals surface area (Å²) in [6.45, 7) is 1.81. The third kappa shape index (κ3) is 3.39. The predicted molar refractivity (Wildman–Crippen MR) is 80.6 cm³/mol. The molecule has 22 heavy (non-hydrogen) atoms. The van der Waals surface area contributed by atoms with Gasteiger partial charge in [0.25, 0.3) is 0 Å². The van der Waals surface area contributed by atoms with Gasteiger partial charge in [-0.25, -0.2) is 14.4 Å². The molecule has 0 unspecified atom stereocenters. The minimum Gasteiger partial charge on any atom is -0.352 e. The predicted octanol–water partition coefficient (Wildman–Crippen LogP) is 1.76. The van der Waals surface area contributed by atoms with Gasteiger partial charge in [0.1, 0.15) is 5.82 Å². The van der Waals surface area contributed by atoms with E-state index in [1.807, 2.05) is 4.90 Å². The lowest BCUT2D eigenvalue weighted by Gasteiger charge is -2.15. The van der Waals surface area contributed by atoms with Gasteiger partial charge in [0.05, 0.1) is 5.92 Å². The summed E-state index contributed by atoms with van der Waals surface area (Å²) in [5.74, 6) is 0.340. The van der Waals surface area contributed by atoms with Gasteiger partial charge in [-0.3, -0.25) is 4.79 Å². The first kappa shape index (κ1) is 14.4. The molecule has 0 spiro atoms. The summed E-state index contributed by atoms with van der Waals surface area (Å²) in [5, 5.41) is 2.90. The average molecular weight is 300 g/mol. The van der Waals surface area contributed by atoms with Gasteiger partial charge in [-0.05, 0) is 30.2 Å². The zero-order chi connectivity index (χ0) is 15.4. The van der Waals surface area contributed by atoms with E-state index in [1.54, 1.807) is 30.6 Å². The van der Waals surface area contributed by atoms with Crippen LogP contribution >= 0.6 is 0 Å². The van der Waals surface area contributed by atoms with Gasteiger partial charge in [-0.1, -0.05) is 12.1 Å². The Morgan fingerprint density at radius 2 is 2.00 bits per heavy atom. The zero-order valence-corrected chi connectivity index (χ0v) is 12.1. The van der Waals surface area contributed by atoms with Crippen molar-refractivity contribution in [2.45, 2.75) is 13.0 Å². The Kier molecular flexibility index (Phi) is 4.27. The topological polar surface area (TPSA) is 58.1 Å². The van der Waals surface area contributed by atoms with Crippen LogP contribution in [0.1, 0.15) is 12.0 Å². The molecule has 2 heterocycles. The third-order valence-corrected chi connectivity index (χ3v) is 3.77. The molecule has 1 aliphatic rings. The lowest BCUT2D eigenvalue weighted by Crippen LogP contribution is -2.32. The van der Waals surface area contributed by atoms with Crippen LogP contribution in [0.15, 0.2) is 42.7 Å². The highest BCUT2D eigenvalue weighted by Gasteiger charge is 2.29. The highest BCUT2D eigenvalue weighted by atomic mass is 19.1. The summed E-state index contributed by atoms with van der Waals surface area (Å²) in [4.78, 5) is 22.6. The van der Waals surface area contributed by atoms with Crippen molar-refractivity contribution in [3.05, 3.63) is 54.1 Å². The molecule has 1 saturated heterocycles. The van der Waals surface area contributed by atoms with Crippen molar-refractivity contribution in [1.82, 2.24) is 15.3 Å². The Balaban J connectivity index is 1.52. The van der Waals surface area contributed by atoms with Crippen LogP contribution in [0.5, 0.6) is 0 Å². The molecule has 3 rings (SSSR count).